The van der Waals surface area contributed by atoms with Crippen LogP contribution in [0.4, 0.5) is 0 Å². The van der Waals surface area contributed by atoms with Gasteiger partial charge in [0.15, 0.2) is 0 Å². The lowest BCUT2D eigenvalue weighted by Crippen LogP contribution is -2.01. The number of allylic oxidation sites excluding steroid dienone is 7. The zero-order chi connectivity index (χ0) is 15.0. The number of rotatable bonds is 1. The van der Waals surface area contributed by atoms with Crippen molar-refractivity contribution in [2.24, 2.45) is 5.92 Å². The molecule has 0 fully saturated rings. The molecule has 1 rings (SSSR count). The van der Waals surface area contributed by atoms with Crippen molar-refractivity contribution in [1.29, 1.82) is 0 Å². The molecule has 0 saturated carbocycles. The van der Waals surface area contributed by atoms with E-state index in [1.165, 1.54) is 49.7 Å². The van der Waals surface area contributed by atoms with Crippen molar-refractivity contribution in [2.45, 2.75) is 72.6 Å². The molecule has 0 aromatic heterocycles. The summed E-state index contributed by atoms with van der Waals surface area (Å²) in [6.45, 7) is 13.2. The van der Waals surface area contributed by atoms with Gasteiger partial charge in [-0.1, -0.05) is 47.1 Å². The number of hydrogen-bond donors (Lipinski definition) is 0. The van der Waals surface area contributed by atoms with E-state index in [0.29, 0.717) is 5.92 Å². The van der Waals surface area contributed by atoms with E-state index >= 15 is 0 Å². The highest BCUT2D eigenvalue weighted by Crippen LogP contribution is 2.24. The van der Waals surface area contributed by atoms with Gasteiger partial charge in [0.25, 0.3) is 0 Å². The first-order chi connectivity index (χ1) is 9.49. The molecular formula is C20H32. The molecule has 0 aliphatic heterocycles. The fourth-order valence-corrected chi connectivity index (χ4v) is 2.71. The molecule has 0 heteroatoms. The summed E-state index contributed by atoms with van der Waals surface area (Å²) in [6, 6.07) is 0. The van der Waals surface area contributed by atoms with Gasteiger partial charge in [0.05, 0.1) is 0 Å². The Hall–Kier alpha value is -1.04. The molecule has 1 aliphatic carbocycles. The van der Waals surface area contributed by atoms with Gasteiger partial charge < -0.3 is 0 Å². The summed E-state index contributed by atoms with van der Waals surface area (Å²) in [6.07, 6.45) is 15.7. The molecule has 0 saturated heterocycles. The van der Waals surface area contributed by atoms with Crippen molar-refractivity contribution in [2.75, 3.05) is 0 Å². The summed E-state index contributed by atoms with van der Waals surface area (Å²) in [5, 5.41) is 0. The Bertz CT molecular complexity index is 404. The van der Waals surface area contributed by atoms with E-state index in [2.05, 4.69) is 52.5 Å². The molecule has 1 unspecified atom stereocenters. The minimum absolute atomic E-state index is 0.647. The first-order valence-corrected chi connectivity index (χ1v) is 8.11. The standard InChI is InChI=1S/C20H32/c1-16(2)20-14-12-18(4)10-6-8-17(3)9-7-11-19(5)13-15-20/h8,11-12,20H,1,6-7,9-10,13-15H2,2-5H3. The molecule has 0 N–H and O–H groups in total. The molecule has 1 atom stereocenters. The van der Waals surface area contributed by atoms with E-state index in [1.54, 1.807) is 11.1 Å². The Morgan fingerprint density at radius 2 is 1.40 bits per heavy atom. The van der Waals surface area contributed by atoms with Crippen LogP contribution in [-0.2, 0) is 0 Å². The minimum Gasteiger partial charge on any atom is -0.0998 e. The van der Waals surface area contributed by atoms with E-state index in [0.717, 1.165) is 6.42 Å². The highest BCUT2D eigenvalue weighted by molar-refractivity contribution is 5.09. The van der Waals surface area contributed by atoms with Crippen LogP contribution in [0.15, 0.2) is 47.1 Å². The Labute approximate surface area is 126 Å². The Morgan fingerprint density at radius 1 is 0.900 bits per heavy atom. The third-order valence-electron chi connectivity index (χ3n) is 4.40. The molecule has 0 amide bonds. The summed E-state index contributed by atoms with van der Waals surface area (Å²) < 4.78 is 0. The molecule has 0 heterocycles. The van der Waals surface area contributed by atoms with Gasteiger partial charge in [0.2, 0.25) is 0 Å². The molecule has 0 nitrogen and oxygen atoms in total. The van der Waals surface area contributed by atoms with Crippen LogP contribution in [0.2, 0.25) is 0 Å². The largest absolute Gasteiger partial charge is 0.0998 e. The first-order valence-electron chi connectivity index (χ1n) is 8.11. The minimum atomic E-state index is 0.647. The maximum Gasteiger partial charge on any atom is -0.0171 e. The van der Waals surface area contributed by atoms with Gasteiger partial charge in [0, 0.05) is 0 Å². The van der Waals surface area contributed by atoms with Gasteiger partial charge in [-0.2, -0.15) is 0 Å². The van der Waals surface area contributed by atoms with Crippen molar-refractivity contribution >= 4 is 0 Å². The van der Waals surface area contributed by atoms with E-state index in [1.807, 2.05) is 0 Å². The van der Waals surface area contributed by atoms with Crippen molar-refractivity contribution in [3.05, 3.63) is 47.1 Å². The maximum absolute atomic E-state index is 4.18. The van der Waals surface area contributed by atoms with Crippen molar-refractivity contribution in [3.63, 3.8) is 0 Å². The highest BCUT2D eigenvalue weighted by Gasteiger charge is 2.08. The average Bonchev–Trinajstić information content (AvgIpc) is 2.37. The third-order valence-corrected chi connectivity index (χ3v) is 4.40. The van der Waals surface area contributed by atoms with Crippen molar-refractivity contribution in [1.82, 2.24) is 0 Å². The smallest absolute Gasteiger partial charge is 0.0171 e. The quantitative estimate of drug-likeness (QED) is 0.462. The van der Waals surface area contributed by atoms with Crippen LogP contribution < -0.4 is 0 Å². The lowest BCUT2D eigenvalue weighted by Gasteiger charge is -2.16. The van der Waals surface area contributed by atoms with Crippen LogP contribution in [0, 0.1) is 5.92 Å². The van der Waals surface area contributed by atoms with E-state index in [9.17, 15) is 0 Å². The zero-order valence-corrected chi connectivity index (χ0v) is 14.0. The number of hydrogen-bond acceptors (Lipinski definition) is 0. The second-order valence-electron chi connectivity index (χ2n) is 6.55. The molecule has 0 radical (unpaired) electrons. The van der Waals surface area contributed by atoms with E-state index in [-0.39, 0.29) is 0 Å². The van der Waals surface area contributed by atoms with Crippen LogP contribution in [-0.4, -0.2) is 0 Å². The molecule has 0 aromatic carbocycles. The van der Waals surface area contributed by atoms with Gasteiger partial charge in [-0.3, -0.25) is 0 Å². The Balaban J connectivity index is 2.77. The predicted octanol–water partition coefficient (Wildman–Crippen LogP) is 6.76. The van der Waals surface area contributed by atoms with Gasteiger partial charge in [-0.25, -0.2) is 0 Å². The summed E-state index contributed by atoms with van der Waals surface area (Å²) in [7, 11) is 0. The monoisotopic (exact) mass is 272 g/mol. The second kappa shape index (κ2) is 9.00. The normalized spacial score (nSPS) is 23.2. The average molecular weight is 272 g/mol. The fourth-order valence-electron chi connectivity index (χ4n) is 2.71. The summed E-state index contributed by atoms with van der Waals surface area (Å²) in [5.41, 5.74) is 5.95. The van der Waals surface area contributed by atoms with Crippen LogP contribution in [0.1, 0.15) is 72.6 Å². The molecule has 20 heavy (non-hydrogen) atoms. The van der Waals surface area contributed by atoms with Crippen LogP contribution in [0.3, 0.4) is 0 Å². The van der Waals surface area contributed by atoms with Gasteiger partial charge in [-0.05, 0) is 78.6 Å². The molecule has 112 valence electrons. The lowest BCUT2D eigenvalue weighted by atomic mass is 9.89. The molecular weight excluding hydrogens is 240 g/mol. The molecule has 1 aliphatic rings. The third kappa shape index (κ3) is 6.93. The zero-order valence-electron chi connectivity index (χ0n) is 14.0. The molecule has 0 aromatic rings. The topological polar surface area (TPSA) is 0 Å². The summed E-state index contributed by atoms with van der Waals surface area (Å²) in [5.74, 6) is 0.647. The van der Waals surface area contributed by atoms with Crippen LogP contribution >= 0.6 is 0 Å². The highest BCUT2D eigenvalue weighted by atomic mass is 14.1. The van der Waals surface area contributed by atoms with Crippen LogP contribution in [0.5, 0.6) is 0 Å². The second-order valence-corrected chi connectivity index (χ2v) is 6.55. The maximum atomic E-state index is 4.18. The summed E-state index contributed by atoms with van der Waals surface area (Å²) in [4.78, 5) is 0. The molecule has 0 bridgehead atoms. The van der Waals surface area contributed by atoms with Crippen molar-refractivity contribution < 1.29 is 0 Å². The van der Waals surface area contributed by atoms with E-state index < -0.39 is 0 Å². The van der Waals surface area contributed by atoms with E-state index in [4.69, 9.17) is 0 Å². The summed E-state index contributed by atoms with van der Waals surface area (Å²) >= 11 is 0. The Morgan fingerprint density at radius 3 is 1.95 bits per heavy atom. The Kier molecular flexibility index (Phi) is 7.65. The lowest BCUT2D eigenvalue weighted by molar-refractivity contribution is 0.564. The van der Waals surface area contributed by atoms with Gasteiger partial charge >= 0.3 is 0 Å². The molecule has 0 spiro atoms. The van der Waals surface area contributed by atoms with Gasteiger partial charge in [0.1, 0.15) is 0 Å². The SMILES string of the molecule is C=C(C)C1CC=C(C)CCC=C(C)CCC=C(C)CC1. The van der Waals surface area contributed by atoms with Gasteiger partial charge in [-0.15, -0.1) is 0 Å². The first kappa shape index (κ1) is 17.0. The fraction of sp³-hybridized carbons (Fsp3) is 0.600. The van der Waals surface area contributed by atoms with Crippen LogP contribution in [0.25, 0.3) is 0 Å². The predicted molar refractivity (Wildman–Crippen MR) is 91.9 cm³/mol. The van der Waals surface area contributed by atoms with Crippen molar-refractivity contribution in [3.8, 4) is 0 Å².